The second-order valence-electron chi connectivity index (χ2n) is 17.2. The third-order valence-corrected chi connectivity index (χ3v) is 13.6. The molecule has 0 saturated carbocycles. The molecule has 0 amide bonds. The quantitative estimate of drug-likeness (QED) is 0.143. The van der Waals surface area contributed by atoms with Gasteiger partial charge in [-0.25, -0.2) is 0 Å². The van der Waals surface area contributed by atoms with Crippen molar-refractivity contribution in [3.63, 3.8) is 0 Å². The first-order chi connectivity index (χ1) is 32.3. The van der Waals surface area contributed by atoms with Crippen LogP contribution >= 0.6 is 0 Å². The van der Waals surface area contributed by atoms with Crippen molar-refractivity contribution in [1.29, 1.82) is 0 Å². The van der Waals surface area contributed by atoms with Crippen molar-refractivity contribution in [1.82, 2.24) is 0 Å². The van der Waals surface area contributed by atoms with Gasteiger partial charge in [0, 0.05) is 33.8 Å². The molecule has 0 radical (unpaired) electrons. The number of benzene rings is 10. The summed E-state index contributed by atoms with van der Waals surface area (Å²) in [5.74, 6) is 0. The van der Waals surface area contributed by atoms with Crippen molar-refractivity contribution in [3.05, 3.63) is 288 Å². The number of allylic oxidation sites excluding steroid dienone is 1. The Kier molecular flexibility index (Phi) is 9.57. The van der Waals surface area contributed by atoms with E-state index < -0.39 is 5.41 Å². The molecule has 0 bridgehead atoms. The Bertz CT molecular complexity index is 3260. The van der Waals surface area contributed by atoms with Gasteiger partial charge in [0.05, 0.1) is 11.1 Å². The van der Waals surface area contributed by atoms with Crippen LogP contribution in [0.3, 0.4) is 0 Å². The molecule has 0 aliphatic heterocycles. The second kappa shape index (κ2) is 16.2. The molecule has 0 heterocycles. The van der Waals surface area contributed by atoms with Crippen LogP contribution < -0.4 is 9.80 Å². The van der Waals surface area contributed by atoms with E-state index in [1.165, 1.54) is 77.8 Å². The number of hydrogen-bond donors (Lipinski definition) is 0. The predicted molar refractivity (Wildman–Crippen MR) is 273 cm³/mol. The maximum atomic E-state index is 2.56. The van der Waals surface area contributed by atoms with E-state index in [0.717, 1.165) is 35.6 Å². The Morgan fingerprint density at radius 3 is 1.45 bits per heavy atom. The van der Waals surface area contributed by atoms with Gasteiger partial charge in [0.15, 0.2) is 0 Å². The second-order valence-corrected chi connectivity index (χ2v) is 17.2. The van der Waals surface area contributed by atoms with Crippen molar-refractivity contribution >= 4 is 45.3 Å². The minimum Gasteiger partial charge on any atom is -0.314 e. The van der Waals surface area contributed by atoms with Crippen molar-refractivity contribution in [2.45, 2.75) is 18.3 Å². The van der Waals surface area contributed by atoms with Crippen molar-refractivity contribution < 1.29 is 0 Å². The Balaban J connectivity index is 1.03. The fourth-order valence-corrected chi connectivity index (χ4v) is 10.7. The minimum absolute atomic E-state index is 0.529. The van der Waals surface area contributed by atoms with Crippen molar-refractivity contribution in [2.75, 3.05) is 9.80 Å². The lowest BCUT2D eigenvalue weighted by molar-refractivity contribution is 0.768. The first-order valence-corrected chi connectivity index (χ1v) is 22.7. The summed E-state index contributed by atoms with van der Waals surface area (Å²) in [6, 6.07) is 91.3. The zero-order valence-corrected chi connectivity index (χ0v) is 36.1. The highest BCUT2D eigenvalue weighted by Crippen LogP contribution is 2.59. The lowest BCUT2D eigenvalue weighted by atomic mass is 9.67. The van der Waals surface area contributed by atoms with E-state index in [1.807, 2.05) is 0 Å². The average molecular weight is 831 g/mol. The lowest BCUT2D eigenvalue weighted by Gasteiger charge is -2.36. The van der Waals surface area contributed by atoms with Crippen LogP contribution in [0.15, 0.2) is 254 Å². The lowest BCUT2D eigenvalue weighted by Crippen LogP contribution is -2.29. The van der Waals surface area contributed by atoms with Gasteiger partial charge in [0.1, 0.15) is 0 Å². The number of rotatable bonds is 9. The molecule has 2 aliphatic rings. The molecule has 0 N–H and O–H groups in total. The zero-order valence-electron chi connectivity index (χ0n) is 36.1. The van der Waals surface area contributed by atoms with Crippen LogP contribution in [0.4, 0.5) is 28.4 Å². The number of hydrogen-bond acceptors (Lipinski definition) is 2. The summed E-state index contributed by atoms with van der Waals surface area (Å²) >= 11 is 0. The van der Waals surface area contributed by atoms with E-state index in [1.54, 1.807) is 0 Å². The summed E-state index contributed by atoms with van der Waals surface area (Å²) in [7, 11) is 0. The molecule has 10 aromatic carbocycles. The van der Waals surface area contributed by atoms with Gasteiger partial charge in [-0.05, 0) is 135 Å². The molecule has 308 valence electrons. The van der Waals surface area contributed by atoms with Crippen LogP contribution in [0.25, 0.3) is 39.1 Å². The molecule has 10 aromatic rings. The first-order valence-electron chi connectivity index (χ1n) is 22.7. The van der Waals surface area contributed by atoms with E-state index in [4.69, 9.17) is 0 Å². The van der Waals surface area contributed by atoms with Gasteiger partial charge in [-0.2, -0.15) is 0 Å². The number of nitrogens with zero attached hydrogens (tertiary/aromatic N) is 2. The zero-order chi connectivity index (χ0) is 43.2. The highest BCUT2D eigenvalue weighted by Gasteiger charge is 2.47. The fourth-order valence-electron chi connectivity index (χ4n) is 10.7. The molecule has 0 saturated heterocycles. The average Bonchev–Trinajstić information content (AvgIpc) is 3.69. The normalized spacial score (nSPS) is 13.3. The molecule has 0 atom stereocenters. The Hall–Kier alpha value is -8.20. The summed E-state index contributed by atoms with van der Waals surface area (Å²) < 4.78 is 0. The standard InChI is InChI=1S/C63H46N2/c1-5-21-49(22-6-1)63(50-23-7-2-8-24-50)59-32-18-17-31-58(59)62-57-30-16-15-29-56(57)61(44-60(62)63)65(55-42-37-45-19-13-14-20-48(45)43-55)54-40-35-47(36-41-54)46-33-38-53(39-34-46)64(51-25-9-3-10-26-51)52-27-11-4-12-28-52/h1-36,38-41,43-44H,37,42H2. The van der Waals surface area contributed by atoms with Crippen LogP contribution in [-0.2, 0) is 11.8 Å². The molecule has 2 heteroatoms. The van der Waals surface area contributed by atoms with Gasteiger partial charge in [0.25, 0.3) is 0 Å². The van der Waals surface area contributed by atoms with Crippen LogP contribution in [0.2, 0.25) is 0 Å². The molecular weight excluding hydrogens is 785 g/mol. The van der Waals surface area contributed by atoms with Gasteiger partial charge in [0.2, 0.25) is 0 Å². The maximum Gasteiger partial charge on any atom is 0.0714 e. The van der Waals surface area contributed by atoms with Crippen LogP contribution in [0.1, 0.15) is 39.8 Å². The molecule has 2 nitrogen and oxygen atoms in total. The SMILES string of the molecule is C1=C(N(c2ccc(-c3ccc(N(c4ccccc4)c4ccccc4)cc3)cc2)c2cc3c(c4ccccc24)-c2ccccc2C3(c2ccccc2)c2ccccc2)CCc2ccccc21. The summed E-state index contributed by atoms with van der Waals surface area (Å²) in [4.78, 5) is 4.87. The summed E-state index contributed by atoms with van der Waals surface area (Å²) in [5, 5.41) is 2.50. The molecule has 0 unspecified atom stereocenters. The van der Waals surface area contributed by atoms with E-state index in [9.17, 15) is 0 Å². The highest BCUT2D eigenvalue weighted by molar-refractivity contribution is 6.10. The Labute approximate surface area is 381 Å². The first kappa shape index (κ1) is 38.5. The predicted octanol–water partition coefficient (Wildman–Crippen LogP) is 16.5. The molecule has 0 spiro atoms. The topological polar surface area (TPSA) is 6.48 Å². The van der Waals surface area contributed by atoms with E-state index in [2.05, 4.69) is 265 Å². The minimum atomic E-state index is -0.529. The van der Waals surface area contributed by atoms with E-state index in [0.29, 0.717) is 0 Å². The number of aryl methyl sites for hydroxylation is 1. The van der Waals surface area contributed by atoms with Gasteiger partial charge in [-0.3, -0.25) is 0 Å². The number of anilines is 5. The van der Waals surface area contributed by atoms with Gasteiger partial charge >= 0.3 is 0 Å². The maximum absolute atomic E-state index is 2.56. The van der Waals surface area contributed by atoms with Gasteiger partial charge < -0.3 is 9.80 Å². The number of fused-ring (bicyclic) bond motifs is 6. The van der Waals surface area contributed by atoms with E-state index in [-0.39, 0.29) is 0 Å². The third-order valence-electron chi connectivity index (χ3n) is 13.6. The Morgan fingerprint density at radius 1 is 0.354 bits per heavy atom. The van der Waals surface area contributed by atoms with Gasteiger partial charge in [-0.15, -0.1) is 0 Å². The third kappa shape index (κ3) is 6.49. The van der Waals surface area contributed by atoms with Crippen LogP contribution in [0, 0.1) is 0 Å². The van der Waals surface area contributed by atoms with Gasteiger partial charge in [-0.1, -0.05) is 194 Å². The Morgan fingerprint density at radius 2 is 0.831 bits per heavy atom. The molecular formula is C63H46N2. The summed E-state index contributed by atoms with van der Waals surface area (Å²) in [6.45, 7) is 0. The highest BCUT2D eigenvalue weighted by atomic mass is 15.2. The molecule has 2 aliphatic carbocycles. The van der Waals surface area contributed by atoms with Crippen molar-refractivity contribution in [2.24, 2.45) is 0 Å². The fraction of sp³-hybridized carbons (Fsp3) is 0.0476. The summed E-state index contributed by atoms with van der Waals surface area (Å²) in [6.07, 6.45) is 4.33. The molecule has 65 heavy (non-hydrogen) atoms. The molecule has 0 fully saturated rings. The van der Waals surface area contributed by atoms with Crippen molar-refractivity contribution in [3.8, 4) is 22.3 Å². The summed E-state index contributed by atoms with van der Waals surface area (Å²) in [5.41, 5.74) is 19.3. The molecule has 0 aromatic heterocycles. The van der Waals surface area contributed by atoms with E-state index >= 15 is 0 Å². The monoisotopic (exact) mass is 830 g/mol. The smallest absolute Gasteiger partial charge is 0.0714 e. The largest absolute Gasteiger partial charge is 0.314 e. The van der Waals surface area contributed by atoms with Crippen LogP contribution in [0.5, 0.6) is 0 Å². The van der Waals surface area contributed by atoms with Crippen LogP contribution in [-0.4, -0.2) is 0 Å². The number of para-hydroxylation sites is 2. The molecule has 12 rings (SSSR count).